The fraction of sp³-hybridized carbons (Fsp3) is 0.632. The van der Waals surface area contributed by atoms with E-state index in [1.807, 2.05) is 11.8 Å². The van der Waals surface area contributed by atoms with Crippen molar-refractivity contribution in [1.29, 1.82) is 0 Å². The number of rotatable bonds is 7. The third kappa shape index (κ3) is 5.45. The molecule has 1 aromatic carbocycles. The zero-order chi connectivity index (χ0) is 15.8. The van der Waals surface area contributed by atoms with Gasteiger partial charge >= 0.3 is 0 Å². The van der Waals surface area contributed by atoms with Crippen LogP contribution in [0.15, 0.2) is 24.3 Å². The summed E-state index contributed by atoms with van der Waals surface area (Å²) in [5.41, 5.74) is 2.61. The maximum Gasteiger partial charge on any atom is 0.222 e. The average molecular weight is 303 g/mol. The van der Waals surface area contributed by atoms with E-state index in [-0.39, 0.29) is 0 Å². The number of carbonyl (C=O) groups excluding carboxylic acids is 1. The van der Waals surface area contributed by atoms with E-state index in [2.05, 4.69) is 31.2 Å². The number of piperidine rings is 1. The van der Waals surface area contributed by atoms with E-state index in [0.29, 0.717) is 18.2 Å². The third-order valence-corrected chi connectivity index (χ3v) is 4.41. The van der Waals surface area contributed by atoms with E-state index in [0.717, 1.165) is 45.6 Å². The number of likely N-dealkylation sites (tertiary alicyclic amines) is 1. The lowest BCUT2D eigenvalue weighted by atomic mass is 9.98. The number of amides is 1. The molecule has 2 rings (SSSR count). The number of ether oxygens (including phenoxy) is 1. The van der Waals surface area contributed by atoms with Crippen molar-refractivity contribution < 1.29 is 9.53 Å². The molecule has 1 saturated heterocycles. The number of hydrogen-bond acceptors (Lipinski definition) is 2. The van der Waals surface area contributed by atoms with Crippen molar-refractivity contribution in [2.24, 2.45) is 5.92 Å². The standard InChI is InChI=1S/C19H29NO2/c1-3-22-15-18-7-5-13-20(14-18)19(21)8-4-6-17-11-9-16(2)10-12-17/h9-12,18H,3-8,13-15H2,1-2H3. The first-order chi connectivity index (χ1) is 10.7. The lowest BCUT2D eigenvalue weighted by Crippen LogP contribution is -2.41. The topological polar surface area (TPSA) is 29.5 Å². The summed E-state index contributed by atoms with van der Waals surface area (Å²) in [6, 6.07) is 8.61. The third-order valence-electron chi connectivity index (χ3n) is 4.41. The van der Waals surface area contributed by atoms with Crippen molar-refractivity contribution in [1.82, 2.24) is 4.90 Å². The van der Waals surface area contributed by atoms with Gasteiger partial charge in [0.2, 0.25) is 5.91 Å². The van der Waals surface area contributed by atoms with Gasteiger partial charge in [-0.15, -0.1) is 0 Å². The van der Waals surface area contributed by atoms with Crippen molar-refractivity contribution in [2.75, 3.05) is 26.3 Å². The fourth-order valence-electron chi connectivity index (χ4n) is 3.07. The van der Waals surface area contributed by atoms with Crippen LogP contribution in [0, 0.1) is 12.8 Å². The monoisotopic (exact) mass is 303 g/mol. The molecule has 0 bridgehead atoms. The Balaban J connectivity index is 1.71. The molecule has 3 heteroatoms. The van der Waals surface area contributed by atoms with E-state index in [1.165, 1.54) is 17.5 Å². The molecule has 0 saturated carbocycles. The summed E-state index contributed by atoms with van der Waals surface area (Å²) in [5, 5.41) is 0. The molecule has 0 aromatic heterocycles. The Morgan fingerprint density at radius 2 is 2.09 bits per heavy atom. The molecule has 0 spiro atoms. The number of aryl methyl sites for hydroxylation is 2. The van der Waals surface area contributed by atoms with Gasteiger partial charge in [-0.2, -0.15) is 0 Å². The molecule has 0 aliphatic carbocycles. The first kappa shape index (κ1) is 17.0. The highest BCUT2D eigenvalue weighted by molar-refractivity contribution is 5.76. The van der Waals surface area contributed by atoms with Gasteiger partial charge in [-0.3, -0.25) is 4.79 Å². The van der Waals surface area contributed by atoms with Gasteiger partial charge in [0.15, 0.2) is 0 Å². The van der Waals surface area contributed by atoms with E-state index < -0.39 is 0 Å². The normalized spacial score (nSPS) is 18.5. The maximum absolute atomic E-state index is 12.3. The van der Waals surface area contributed by atoms with Crippen LogP contribution in [0.25, 0.3) is 0 Å². The predicted molar refractivity (Wildman–Crippen MR) is 89.9 cm³/mol. The molecule has 1 heterocycles. The summed E-state index contributed by atoms with van der Waals surface area (Å²) in [5.74, 6) is 0.836. The Hall–Kier alpha value is -1.35. The molecule has 1 atom stereocenters. The summed E-state index contributed by atoms with van der Waals surface area (Å²) >= 11 is 0. The SMILES string of the molecule is CCOCC1CCCN(C(=O)CCCc2ccc(C)cc2)C1. The minimum Gasteiger partial charge on any atom is -0.381 e. The highest BCUT2D eigenvalue weighted by Crippen LogP contribution is 2.18. The van der Waals surface area contributed by atoms with Gasteiger partial charge in [-0.25, -0.2) is 0 Å². The van der Waals surface area contributed by atoms with Gasteiger partial charge in [0.25, 0.3) is 0 Å². The van der Waals surface area contributed by atoms with Gasteiger partial charge in [-0.05, 0) is 51.0 Å². The first-order valence-electron chi connectivity index (χ1n) is 8.60. The Bertz CT molecular complexity index is 455. The Morgan fingerprint density at radius 1 is 1.32 bits per heavy atom. The van der Waals surface area contributed by atoms with Crippen LogP contribution < -0.4 is 0 Å². The quantitative estimate of drug-likeness (QED) is 0.770. The van der Waals surface area contributed by atoms with Gasteiger partial charge in [0, 0.05) is 26.1 Å². The number of benzene rings is 1. The second-order valence-electron chi connectivity index (χ2n) is 6.35. The predicted octanol–water partition coefficient (Wildman–Crippen LogP) is 3.59. The molecule has 1 aliphatic rings. The molecular weight excluding hydrogens is 274 g/mol. The molecule has 3 nitrogen and oxygen atoms in total. The van der Waals surface area contributed by atoms with Crippen LogP contribution in [0.1, 0.15) is 43.7 Å². The average Bonchev–Trinajstić information content (AvgIpc) is 2.55. The molecule has 1 fully saturated rings. The van der Waals surface area contributed by atoms with Gasteiger partial charge < -0.3 is 9.64 Å². The van der Waals surface area contributed by atoms with Crippen molar-refractivity contribution in [2.45, 2.75) is 46.0 Å². The number of carbonyl (C=O) groups is 1. The van der Waals surface area contributed by atoms with Crippen LogP contribution in [-0.2, 0) is 16.0 Å². The highest BCUT2D eigenvalue weighted by Gasteiger charge is 2.23. The summed E-state index contributed by atoms with van der Waals surface area (Å²) < 4.78 is 5.51. The van der Waals surface area contributed by atoms with Crippen LogP contribution in [-0.4, -0.2) is 37.1 Å². The minimum absolute atomic E-state index is 0.313. The lowest BCUT2D eigenvalue weighted by Gasteiger charge is -2.32. The second kappa shape index (κ2) is 8.94. The first-order valence-corrected chi connectivity index (χ1v) is 8.60. The van der Waals surface area contributed by atoms with E-state index in [1.54, 1.807) is 0 Å². The Morgan fingerprint density at radius 3 is 2.82 bits per heavy atom. The number of hydrogen-bond donors (Lipinski definition) is 0. The molecule has 1 aliphatic heterocycles. The van der Waals surface area contributed by atoms with Crippen LogP contribution in [0.2, 0.25) is 0 Å². The van der Waals surface area contributed by atoms with Crippen LogP contribution >= 0.6 is 0 Å². The van der Waals surface area contributed by atoms with Crippen molar-refractivity contribution in [3.8, 4) is 0 Å². The molecular formula is C19H29NO2. The van der Waals surface area contributed by atoms with Crippen LogP contribution in [0.4, 0.5) is 0 Å². The van der Waals surface area contributed by atoms with Gasteiger partial charge in [-0.1, -0.05) is 29.8 Å². The van der Waals surface area contributed by atoms with Gasteiger partial charge in [0.05, 0.1) is 6.61 Å². The minimum atomic E-state index is 0.313. The Labute approximate surface area is 134 Å². The Kier molecular flexibility index (Phi) is 6.91. The van der Waals surface area contributed by atoms with Crippen LogP contribution in [0.3, 0.4) is 0 Å². The summed E-state index contributed by atoms with van der Waals surface area (Å²) in [6.07, 6.45) is 4.89. The summed E-state index contributed by atoms with van der Waals surface area (Å²) in [4.78, 5) is 14.4. The zero-order valence-corrected chi connectivity index (χ0v) is 14.0. The fourth-order valence-corrected chi connectivity index (χ4v) is 3.07. The molecule has 1 amide bonds. The molecule has 22 heavy (non-hydrogen) atoms. The zero-order valence-electron chi connectivity index (χ0n) is 14.0. The smallest absolute Gasteiger partial charge is 0.222 e. The maximum atomic E-state index is 12.3. The highest BCUT2D eigenvalue weighted by atomic mass is 16.5. The molecule has 0 N–H and O–H groups in total. The molecule has 1 unspecified atom stereocenters. The number of nitrogens with zero attached hydrogens (tertiary/aromatic N) is 1. The van der Waals surface area contributed by atoms with E-state index >= 15 is 0 Å². The second-order valence-corrected chi connectivity index (χ2v) is 6.35. The lowest BCUT2D eigenvalue weighted by molar-refractivity contribution is -0.133. The molecule has 1 aromatic rings. The molecule has 0 radical (unpaired) electrons. The van der Waals surface area contributed by atoms with E-state index in [9.17, 15) is 4.79 Å². The molecule has 122 valence electrons. The summed E-state index contributed by atoms with van der Waals surface area (Å²) in [7, 11) is 0. The van der Waals surface area contributed by atoms with Crippen molar-refractivity contribution >= 4 is 5.91 Å². The largest absolute Gasteiger partial charge is 0.381 e. The van der Waals surface area contributed by atoms with Crippen LogP contribution in [0.5, 0.6) is 0 Å². The van der Waals surface area contributed by atoms with Crippen molar-refractivity contribution in [3.05, 3.63) is 35.4 Å². The van der Waals surface area contributed by atoms with E-state index in [4.69, 9.17) is 4.74 Å². The summed E-state index contributed by atoms with van der Waals surface area (Å²) in [6.45, 7) is 7.49. The van der Waals surface area contributed by atoms with Gasteiger partial charge in [0.1, 0.15) is 0 Å². The van der Waals surface area contributed by atoms with Crippen molar-refractivity contribution in [3.63, 3.8) is 0 Å².